The third-order valence-corrected chi connectivity index (χ3v) is 3.50. The topological polar surface area (TPSA) is 47.3 Å². The summed E-state index contributed by atoms with van der Waals surface area (Å²) in [5.41, 5.74) is 7.73. The molecule has 0 radical (unpaired) electrons. The fourth-order valence-electron chi connectivity index (χ4n) is 2.10. The Morgan fingerprint density at radius 3 is 2.69 bits per heavy atom. The van der Waals surface area contributed by atoms with Crippen LogP contribution in [0.3, 0.4) is 0 Å². The van der Waals surface area contributed by atoms with Crippen LogP contribution in [0, 0.1) is 5.92 Å². The fourth-order valence-corrected chi connectivity index (χ4v) is 2.10. The normalized spacial score (nSPS) is 17.6. The summed E-state index contributed by atoms with van der Waals surface area (Å²) in [5, 5.41) is 3.48. The van der Waals surface area contributed by atoms with Gasteiger partial charge in [0.05, 0.1) is 18.5 Å². The molecule has 88 valence electrons. The Morgan fingerprint density at radius 2 is 2.19 bits per heavy atom. The molecule has 0 aromatic heterocycles. The molecular formula is C13H20N2O. The van der Waals surface area contributed by atoms with Crippen molar-refractivity contribution in [3.63, 3.8) is 0 Å². The van der Waals surface area contributed by atoms with Crippen molar-refractivity contribution in [3.05, 3.63) is 18.2 Å². The molecule has 2 rings (SSSR count). The quantitative estimate of drug-likeness (QED) is 0.767. The van der Waals surface area contributed by atoms with Crippen LogP contribution in [0.15, 0.2) is 18.2 Å². The second-order valence-electron chi connectivity index (χ2n) is 4.58. The highest BCUT2D eigenvalue weighted by molar-refractivity contribution is 5.68. The van der Waals surface area contributed by atoms with Crippen molar-refractivity contribution in [2.45, 2.75) is 32.2 Å². The van der Waals surface area contributed by atoms with Crippen LogP contribution in [-0.2, 0) is 0 Å². The van der Waals surface area contributed by atoms with Gasteiger partial charge in [-0.3, -0.25) is 0 Å². The highest BCUT2D eigenvalue weighted by Crippen LogP contribution is 2.32. The van der Waals surface area contributed by atoms with Gasteiger partial charge in [-0.25, -0.2) is 0 Å². The molecule has 3 N–H and O–H groups in total. The molecule has 1 fully saturated rings. The van der Waals surface area contributed by atoms with E-state index >= 15 is 0 Å². The lowest BCUT2D eigenvalue weighted by molar-refractivity contribution is 0.285. The Bertz CT molecular complexity index is 361. The number of ether oxygens (including phenoxy) is 1. The number of benzene rings is 1. The summed E-state index contributed by atoms with van der Waals surface area (Å²) >= 11 is 0. The first kappa shape index (κ1) is 11.1. The highest BCUT2D eigenvalue weighted by Gasteiger charge is 2.23. The minimum atomic E-state index is 0.504. The SMILES string of the molecule is COc1ccc(NC(C)C2CCC2)c(N)c1. The lowest BCUT2D eigenvalue weighted by atomic mass is 9.80. The predicted molar refractivity (Wildman–Crippen MR) is 67.8 cm³/mol. The Labute approximate surface area is 97.0 Å². The van der Waals surface area contributed by atoms with Crippen molar-refractivity contribution in [1.29, 1.82) is 0 Å². The minimum Gasteiger partial charge on any atom is -0.497 e. The molecule has 0 aliphatic heterocycles. The number of nitrogen functional groups attached to an aromatic ring is 1. The van der Waals surface area contributed by atoms with E-state index in [0.29, 0.717) is 6.04 Å². The summed E-state index contributed by atoms with van der Waals surface area (Å²) in [6.07, 6.45) is 4.04. The van der Waals surface area contributed by atoms with E-state index in [-0.39, 0.29) is 0 Å². The van der Waals surface area contributed by atoms with Crippen LogP contribution in [-0.4, -0.2) is 13.2 Å². The number of rotatable bonds is 4. The number of hydrogen-bond acceptors (Lipinski definition) is 3. The average Bonchev–Trinajstić information content (AvgIpc) is 2.18. The Kier molecular flexibility index (Phi) is 3.22. The summed E-state index contributed by atoms with van der Waals surface area (Å²) in [5.74, 6) is 1.61. The van der Waals surface area contributed by atoms with Gasteiger partial charge in [-0.15, -0.1) is 0 Å². The van der Waals surface area contributed by atoms with Crippen molar-refractivity contribution < 1.29 is 4.74 Å². The molecule has 1 aromatic carbocycles. The summed E-state index contributed by atoms with van der Waals surface area (Å²) in [6, 6.07) is 6.29. The summed E-state index contributed by atoms with van der Waals surface area (Å²) in [4.78, 5) is 0. The molecule has 0 heterocycles. The van der Waals surface area contributed by atoms with Crippen molar-refractivity contribution >= 4 is 11.4 Å². The van der Waals surface area contributed by atoms with E-state index in [1.54, 1.807) is 7.11 Å². The van der Waals surface area contributed by atoms with Gasteiger partial charge < -0.3 is 15.8 Å². The second kappa shape index (κ2) is 4.64. The van der Waals surface area contributed by atoms with E-state index in [9.17, 15) is 0 Å². The lowest BCUT2D eigenvalue weighted by Gasteiger charge is -2.32. The first-order chi connectivity index (χ1) is 7.70. The van der Waals surface area contributed by atoms with Crippen LogP contribution in [0.25, 0.3) is 0 Å². The molecule has 1 atom stereocenters. The van der Waals surface area contributed by atoms with E-state index < -0.39 is 0 Å². The Balaban J connectivity index is 2.03. The van der Waals surface area contributed by atoms with Gasteiger partial charge in [0.25, 0.3) is 0 Å². The molecule has 0 saturated heterocycles. The number of methoxy groups -OCH3 is 1. The molecule has 3 heteroatoms. The lowest BCUT2D eigenvalue weighted by Crippen LogP contribution is -2.31. The van der Waals surface area contributed by atoms with E-state index in [1.165, 1.54) is 19.3 Å². The van der Waals surface area contributed by atoms with Gasteiger partial charge in [-0.2, -0.15) is 0 Å². The zero-order valence-corrected chi connectivity index (χ0v) is 9.99. The van der Waals surface area contributed by atoms with Crippen molar-refractivity contribution in [2.24, 2.45) is 5.92 Å². The Hall–Kier alpha value is -1.38. The molecule has 1 saturated carbocycles. The molecule has 1 aliphatic rings. The third kappa shape index (κ3) is 2.23. The summed E-state index contributed by atoms with van der Waals surface area (Å²) in [6.45, 7) is 2.23. The Morgan fingerprint density at radius 1 is 1.44 bits per heavy atom. The number of nitrogens with two attached hydrogens (primary N) is 1. The van der Waals surface area contributed by atoms with Gasteiger partial charge in [0.1, 0.15) is 5.75 Å². The molecule has 16 heavy (non-hydrogen) atoms. The zero-order valence-electron chi connectivity index (χ0n) is 9.99. The number of nitrogens with one attached hydrogen (secondary N) is 1. The molecule has 1 aliphatic carbocycles. The van der Waals surface area contributed by atoms with Gasteiger partial charge in [-0.1, -0.05) is 6.42 Å². The summed E-state index contributed by atoms with van der Waals surface area (Å²) < 4.78 is 5.13. The van der Waals surface area contributed by atoms with Crippen LogP contribution in [0.1, 0.15) is 26.2 Å². The maximum Gasteiger partial charge on any atom is 0.121 e. The van der Waals surface area contributed by atoms with E-state index in [4.69, 9.17) is 10.5 Å². The predicted octanol–water partition coefficient (Wildman–Crippen LogP) is 2.88. The highest BCUT2D eigenvalue weighted by atomic mass is 16.5. The van der Waals surface area contributed by atoms with Gasteiger partial charge in [-0.05, 0) is 37.8 Å². The molecule has 0 bridgehead atoms. The smallest absolute Gasteiger partial charge is 0.121 e. The van der Waals surface area contributed by atoms with E-state index in [2.05, 4.69) is 12.2 Å². The molecule has 3 nitrogen and oxygen atoms in total. The standard InChI is InChI=1S/C13H20N2O/c1-9(10-4-3-5-10)15-13-7-6-11(16-2)8-12(13)14/h6-10,15H,3-5,14H2,1-2H3. The third-order valence-electron chi connectivity index (χ3n) is 3.50. The second-order valence-corrected chi connectivity index (χ2v) is 4.58. The summed E-state index contributed by atoms with van der Waals surface area (Å²) in [7, 11) is 1.65. The van der Waals surface area contributed by atoms with E-state index in [0.717, 1.165) is 23.0 Å². The first-order valence-corrected chi connectivity index (χ1v) is 5.90. The number of hydrogen-bond donors (Lipinski definition) is 2. The zero-order chi connectivity index (χ0) is 11.5. The molecule has 0 spiro atoms. The van der Waals surface area contributed by atoms with Crippen LogP contribution in [0.2, 0.25) is 0 Å². The first-order valence-electron chi connectivity index (χ1n) is 5.90. The van der Waals surface area contributed by atoms with Crippen molar-refractivity contribution in [2.75, 3.05) is 18.2 Å². The van der Waals surface area contributed by atoms with E-state index in [1.807, 2.05) is 18.2 Å². The molecule has 0 amide bonds. The average molecular weight is 220 g/mol. The maximum absolute atomic E-state index is 5.96. The van der Waals surface area contributed by atoms with Crippen molar-refractivity contribution in [3.8, 4) is 5.75 Å². The van der Waals surface area contributed by atoms with Gasteiger partial charge in [0.2, 0.25) is 0 Å². The number of anilines is 2. The monoisotopic (exact) mass is 220 g/mol. The molecule has 1 unspecified atom stereocenters. The molecule has 1 aromatic rings. The minimum absolute atomic E-state index is 0.504. The van der Waals surface area contributed by atoms with Gasteiger partial charge >= 0.3 is 0 Å². The van der Waals surface area contributed by atoms with Crippen LogP contribution < -0.4 is 15.8 Å². The van der Waals surface area contributed by atoms with Gasteiger partial charge in [0, 0.05) is 12.1 Å². The largest absolute Gasteiger partial charge is 0.497 e. The van der Waals surface area contributed by atoms with Crippen LogP contribution >= 0.6 is 0 Å². The fraction of sp³-hybridized carbons (Fsp3) is 0.538. The van der Waals surface area contributed by atoms with Crippen molar-refractivity contribution in [1.82, 2.24) is 0 Å². The maximum atomic E-state index is 5.96. The van der Waals surface area contributed by atoms with Crippen LogP contribution in [0.4, 0.5) is 11.4 Å². The van der Waals surface area contributed by atoms with Crippen LogP contribution in [0.5, 0.6) is 5.75 Å². The van der Waals surface area contributed by atoms with Gasteiger partial charge in [0.15, 0.2) is 0 Å². The molecular weight excluding hydrogens is 200 g/mol.